The van der Waals surface area contributed by atoms with Crippen molar-refractivity contribution in [1.82, 2.24) is 19.4 Å². The van der Waals surface area contributed by atoms with Gasteiger partial charge in [0.05, 0.1) is 10.9 Å². The zero-order valence-corrected chi connectivity index (χ0v) is 20.2. The highest BCUT2D eigenvalue weighted by atomic mass is 79.9. The molecule has 1 fully saturated rings. The second kappa shape index (κ2) is 9.63. The van der Waals surface area contributed by atoms with E-state index in [2.05, 4.69) is 25.8 Å². The van der Waals surface area contributed by atoms with E-state index in [1.807, 2.05) is 23.1 Å². The first-order chi connectivity index (χ1) is 16.5. The fourth-order valence-electron chi connectivity index (χ4n) is 4.43. The molecule has 0 unspecified atom stereocenters. The third kappa shape index (κ3) is 4.74. The molecule has 2 aliphatic rings. The van der Waals surface area contributed by atoms with Crippen LogP contribution in [0.3, 0.4) is 0 Å². The standard InChI is InChI=1S/C24H25BrN4O5/c25-17-4-5-19-18(13-17)23(31)29(24(32)26-19)7-1-2-22(30)28-10-8-27(9-11-28)14-16-3-6-20-21(12-16)34-15-33-20/h3-6,12-13H,1-2,7-11,14-15H2,(H,26,32). The molecule has 0 radical (unpaired) electrons. The van der Waals surface area contributed by atoms with Gasteiger partial charge in [-0.3, -0.25) is 19.1 Å². The Hall–Kier alpha value is -3.11. The van der Waals surface area contributed by atoms with Crippen molar-refractivity contribution in [1.29, 1.82) is 0 Å². The lowest BCUT2D eigenvalue weighted by Gasteiger charge is -2.34. The molecule has 5 rings (SSSR count). The van der Waals surface area contributed by atoms with Crippen LogP contribution in [-0.4, -0.2) is 58.2 Å². The molecule has 34 heavy (non-hydrogen) atoms. The number of aromatic amines is 1. The largest absolute Gasteiger partial charge is 0.454 e. The number of rotatable bonds is 6. The Morgan fingerprint density at radius 3 is 2.62 bits per heavy atom. The van der Waals surface area contributed by atoms with Crippen LogP contribution >= 0.6 is 15.9 Å². The van der Waals surface area contributed by atoms with Gasteiger partial charge in [0.2, 0.25) is 12.7 Å². The minimum absolute atomic E-state index is 0.0516. The molecule has 2 aliphatic heterocycles. The maximum atomic E-state index is 12.7. The van der Waals surface area contributed by atoms with Crippen LogP contribution in [0.2, 0.25) is 0 Å². The molecule has 0 aliphatic carbocycles. The molecule has 10 heteroatoms. The number of carbonyl (C=O) groups excluding carboxylic acids is 1. The molecular weight excluding hydrogens is 504 g/mol. The predicted octanol–water partition coefficient (Wildman–Crippen LogP) is 2.31. The van der Waals surface area contributed by atoms with E-state index < -0.39 is 5.69 Å². The van der Waals surface area contributed by atoms with Crippen LogP contribution in [0.5, 0.6) is 11.5 Å². The maximum absolute atomic E-state index is 12.7. The van der Waals surface area contributed by atoms with Crippen molar-refractivity contribution < 1.29 is 14.3 Å². The number of aromatic nitrogens is 2. The summed E-state index contributed by atoms with van der Waals surface area (Å²) in [6.45, 7) is 4.16. The van der Waals surface area contributed by atoms with Crippen molar-refractivity contribution in [3.8, 4) is 11.5 Å². The van der Waals surface area contributed by atoms with Gasteiger partial charge in [0, 0.05) is 50.2 Å². The van der Waals surface area contributed by atoms with Crippen molar-refractivity contribution in [3.63, 3.8) is 0 Å². The Labute approximate surface area is 204 Å². The van der Waals surface area contributed by atoms with Gasteiger partial charge in [-0.1, -0.05) is 22.0 Å². The minimum Gasteiger partial charge on any atom is -0.454 e. The molecule has 0 bridgehead atoms. The molecular formula is C24H25BrN4O5. The van der Waals surface area contributed by atoms with Crippen molar-refractivity contribution in [2.75, 3.05) is 33.0 Å². The maximum Gasteiger partial charge on any atom is 0.328 e. The SMILES string of the molecule is O=C(CCCn1c(=O)[nH]c2ccc(Br)cc2c1=O)N1CCN(Cc2ccc3c(c2)OCO3)CC1. The lowest BCUT2D eigenvalue weighted by Crippen LogP contribution is -2.48. The lowest BCUT2D eigenvalue weighted by molar-refractivity contribution is -0.133. The van der Waals surface area contributed by atoms with Crippen molar-refractivity contribution in [3.05, 3.63) is 67.3 Å². The highest BCUT2D eigenvalue weighted by Crippen LogP contribution is 2.32. The number of halogens is 1. The zero-order chi connectivity index (χ0) is 23.7. The van der Waals surface area contributed by atoms with Gasteiger partial charge < -0.3 is 19.4 Å². The second-order valence-electron chi connectivity index (χ2n) is 8.52. The molecule has 2 aromatic carbocycles. The summed E-state index contributed by atoms with van der Waals surface area (Å²) in [6.07, 6.45) is 0.725. The summed E-state index contributed by atoms with van der Waals surface area (Å²) in [6, 6.07) is 11.1. The number of piperazine rings is 1. The average molecular weight is 529 g/mol. The number of ether oxygens (including phenoxy) is 2. The van der Waals surface area contributed by atoms with Crippen LogP contribution in [0.1, 0.15) is 18.4 Å². The average Bonchev–Trinajstić information content (AvgIpc) is 3.30. The monoisotopic (exact) mass is 528 g/mol. The summed E-state index contributed by atoms with van der Waals surface area (Å²) in [5.41, 5.74) is 0.861. The number of nitrogens with zero attached hydrogens (tertiary/aromatic N) is 3. The van der Waals surface area contributed by atoms with E-state index in [1.54, 1.807) is 18.2 Å². The van der Waals surface area contributed by atoms with Crippen molar-refractivity contribution in [2.45, 2.75) is 25.9 Å². The summed E-state index contributed by atoms with van der Waals surface area (Å²) in [5, 5.41) is 0.443. The molecule has 1 aromatic heterocycles. The minimum atomic E-state index is -0.454. The van der Waals surface area contributed by atoms with Crippen LogP contribution in [0.15, 0.2) is 50.5 Å². The number of H-pyrrole nitrogens is 1. The Morgan fingerprint density at radius 2 is 1.79 bits per heavy atom. The van der Waals surface area contributed by atoms with E-state index in [0.717, 1.165) is 41.2 Å². The van der Waals surface area contributed by atoms with Crippen LogP contribution in [0, 0.1) is 0 Å². The Bertz CT molecular complexity index is 1340. The molecule has 1 amide bonds. The van der Waals surface area contributed by atoms with Gasteiger partial charge in [-0.05, 0) is 42.3 Å². The quantitative estimate of drug-likeness (QED) is 0.527. The zero-order valence-electron chi connectivity index (χ0n) is 18.6. The summed E-state index contributed by atoms with van der Waals surface area (Å²) in [7, 11) is 0. The van der Waals surface area contributed by atoms with E-state index >= 15 is 0 Å². The third-order valence-corrected chi connectivity index (χ3v) is 6.78. The summed E-state index contributed by atoms with van der Waals surface area (Å²) >= 11 is 3.36. The molecule has 0 spiro atoms. The molecule has 178 valence electrons. The number of fused-ring (bicyclic) bond motifs is 2. The fourth-order valence-corrected chi connectivity index (χ4v) is 4.79. The number of amides is 1. The van der Waals surface area contributed by atoms with Crippen LogP contribution in [0.4, 0.5) is 0 Å². The van der Waals surface area contributed by atoms with Crippen molar-refractivity contribution >= 4 is 32.7 Å². The first-order valence-electron chi connectivity index (χ1n) is 11.3. The second-order valence-corrected chi connectivity index (χ2v) is 9.44. The van der Waals surface area contributed by atoms with Gasteiger partial charge in [0.15, 0.2) is 11.5 Å². The van der Waals surface area contributed by atoms with E-state index in [4.69, 9.17) is 9.47 Å². The molecule has 3 heterocycles. The molecule has 3 aromatic rings. The van der Waals surface area contributed by atoms with Gasteiger partial charge in [0.25, 0.3) is 5.56 Å². The number of benzene rings is 2. The first-order valence-corrected chi connectivity index (χ1v) is 12.1. The predicted molar refractivity (Wildman–Crippen MR) is 130 cm³/mol. The van der Waals surface area contributed by atoms with E-state index in [-0.39, 0.29) is 24.8 Å². The van der Waals surface area contributed by atoms with Crippen LogP contribution in [0.25, 0.3) is 10.9 Å². The molecule has 0 atom stereocenters. The number of carbonyl (C=O) groups is 1. The molecule has 9 nitrogen and oxygen atoms in total. The van der Waals surface area contributed by atoms with Crippen LogP contribution < -0.4 is 20.7 Å². The van der Waals surface area contributed by atoms with E-state index in [0.29, 0.717) is 36.8 Å². The number of hydrogen-bond acceptors (Lipinski definition) is 6. The molecule has 1 saturated heterocycles. The van der Waals surface area contributed by atoms with E-state index in [1.165, 1.54) is 4.57 Å². The lowest BCUT2D eigenvalue weighted by atomic mass is 10.1. The summed E-state index contributed by atoms with van der Waals surface area (Å²) < 4.78 is 12.7. The van der Waals surface area contributed by atoms with Gasteiger partial charge in [-0.15, -0.1) is 0 Å². The fraction of sp³-hybridized carbons (Fsp3) is 0.375. The third-order valence-electron chi connectivity index (χ3n) is 6.28. The number of hydrogen-bond donors (Lipinski definition) is 1. The normalized spacial score (nSPS) is 15.7. The highest BCUT2D eigenvalue weighted by molar-refractivity contribution is 9.10. The summed E-state index contributed by atoms with van der Waals surface area (Å²) in [4.78, 5) is 44.7. The molecule has 1 N–H and O–H groups in total. The molecule has 0 saturated carbocycles. The topological polar surface area (TPSA) is 96.9 Å². The Morgan fingerprint density at radius 1 is 1.00 bits per heavy atom. The highest BCUT2D eigenvalue weighted by Gasteiger charge is 2.22. The first kappa shape index (κ1) is 22.7. The van der Waals surface area contributed by atoms with Crippen LogP contribution in [-0.2, 0) is 17.9 Å². The van der Waals surface area contributed by atoms with Gasteiger partial charge in [-0.2, -0.15) is 0 Å². The van der Waals surface area contributed by atoms with Gasteiger partial charge in [-0.25, -0.2) is 4.79 Å². The smallest absolute Gasteiger partial charge is 0.328 e. The van der Waals surface area contributed by atoms with Gasteiger partial charge in [0.1, 0.15) is 0 Å². The van der Waals surface area contributed by atoms with Crippen molar-refractivity contribution in [2.24, 2.45) is 0 Å². The Kier molecular flexibility index (Phi) is 6.42. The summed E-state index contributed by atoms with van der Waals surface area (Å²) in [5.74, 6) is 1.61. The van der Waals surface area contributed by atoms with Gasteiger partial charge >= 0.3 is 5.69 Å². The Balaban J connectivity index is 1.12. The number of nitrogens with one attached hydrogen (secondary N) is 1. The van der Waals surface area contributed by atoms with E-state index in [9.17, 15) is 14.4 Å².